The molecule has 0 atom stereocenters. The zero-order valence-electron chi connectivity index (χ0n) is 10.9. The van der Waals surface area contributed by atoms with Crippen molar-refractivity contribution in [1.29, 1.82) is 0 Å². The standard InChI is InChI=1S/C15H14FNO3/c16-12-10-11(4-3-9-18)7-8-13(12)17-14(19)5-1-2-6-15(17)20/h7-8,10,18H,1-2,5-6,9H2. The molecule has 1 aromatic rings. The van der Waals surface area contributed by atoms with E-state index in [0.717, 1.165) is 11.0 Å². The second-order valence-electron chi connectivity index (χ2n) is 4.46. The Bertz CT molecular complexity index is 583. The van der Waals surface area contributed by atoms with Crippen molar-refractivity contribution in [2.75, 3.05) is 11.5 Å². The van der Waals surface area contributed by atoms with Crippen LogP contribution < -0.4 is 4.90 Å². The first-order valence-electron chi connectivity index (χ1n) is 6.38. The minimum absolute atomic E-state index is 0.0311. The Labute approximate surface area is 116 Å². The molecular weight excluding hydrogens is 261 g/mol. The monoisotopic (exact) mass is 275 g/mol. The largest absolute Gasteiger partial charge is 0.384 e. The SMILES string of the molecule is O=C1CCCCC(=O)N1c1ccc(C#CCO)cc1F. The smallest absolute Gasteiger partial charge is 0.233 e. The average Bonchev–Trinajstić information content (AvgIpc) is 2.59. The van der Waals surface area contributed by atoms with E-state index in [-0.39, 0.29) is 37.0 Å². The summed E-state index contributed by atoms with van der Waals surface area (Å²) in [6.07, 6.45) is 1.78. The fourth-order valence-electron chi connectivity index (χ4n) is 2.09. The van der Waals surface area contributed by atoms with Crippen molar-refractivity contribution in [3.8, 4) is 11.8 Å². The number of amides is 2. The van der Waals surface area contributed by atoms with Crippen LogP contribution in [0.4, 0.5) is 10.1 Å². The number of carbonyl (C=O) groups is 2. The van der Waals surface area contributed by atoms with Crippen LogP contribution in [-0.4, -0.2) is 23.5 Å². The number of imide groups is 1. The molecule has 1 saturated heterocycles. The summed E-state index contributed by atoms with van der Waals surface area (Å²) >= 11 is 0. The molecule has 1 aliphatic heterocycles. The third-order valence-corrected chi connectivity index (χ3v) is 3.03. The van der Waals surface area contributed by atoms with Gasteiger partial charge < -0.3 is 5.11 Å². The highest BCUT2D eigenvalue weighted by Gasteiger charge is 2.27. The quantitative estimate of drug-likeness (QED) is 0.625. The summed E-state index contributed by atoms with van der Waals surface area (Å²) in [7, 11) is 0. The molecule has 0 spiro atoms. The molecule has 4 nitrogen and oxygen atoms in total. The van der Waals surface area contributed by atoms with Crippen LogP contribution in [0.1, 0.15) is 31.2 Å². The molecule has 20 heavy (non-hydrogen) atoms. The molecular formula is C15H14FNO3. The van der Waals surface area contributed by atoms with Crippen molar-refractivity contribution in [3.63, 3.8) is 0 Å². The minimum Gasteiger partial charge on any atom is -0.384 e. The van der Waals surface area contributed by atoms with E-state index < -0.39 is 5.82 Å². The molecule has 1 fully saturated rings. The molecule has 0 bridgehead atoms. The van der Waals surface area contributed by atoms with Crippen molar-refractivity contribution in [2.24, 2.45) is 0 Å². The third kappa shape index (κ3) is 3.03. The molecule has 1 aromatic carbocycles. The Morgan fingerprint density at radius 1 is 1.20 bits per heavy atom. The number of hydrogen-bond donors (Lipinski definition) is 1. The number of rotatable bonds is 1. The van der Waals surface area contributed by atoms with Gasteiger partial charge in [-0.3, -0.25) is 9.59 Å². The van der Waals surface area contributed by atoms with E-state index in [4.69, 9.17) is 5.11 Å². The summed E-state index contributed by atoms with van der Waals surface area (Å²) in [5.74, 6) is 3.56. The lowest BCUT2D eigenvalue weighted by Crippen LogP contribution is -2.35. The highest BCUT2D eigenvalue weighted by atomic mass is 19.1. The van der Waals surface area contributed by atoms with E-state index in [1.807, 2.05) is 0 Å². The maximum atomic E-state index is 14.1. The Hall–Kier alpha value is -2.19. The lowest BCUT2D eigenvalue weighted by molar-refractivity contribution is -0.125. The van der Waals surface area contributed by atoms with Gasteiger partial charge in [-0.1, -0.05) is 11.8 Å². The fraction of sp³-hybridized carbons (Fsp3) is 0.333. The molecule has 0 radical (unpaired) electrons. The molecule has 104 valence electrons. The van der Waals surface area contributed by atoms with E-state index >= 15 is 0 Å². The minimum atomic E-state index is -0.668. The van der Waals surface area contributed by atoms with Crippen LogP contribution in [0.25, 0.3) is 0 Å². The molecule has 0 saturated carbocycles. The number of aliphatic hydroxyl groups excluding tert-OH is 1. The van der Waals surface area contributed by atoms with Crippen LogP contribution in [0, 0.1) is 17.7 Å². The molecule has 0 aliphatic carbocycles. The summed E-state index contributed by atoms with van der Waals surface area (Å²) in [5.41, 5.74) is 0.353. The van der Waals surface area contributed by atoms with E-state index in [1.165, 1.54) is 12.1 Å². The second-order valence-corrected chi connectivity index (χ2v) is 4.46. The summed E-state index contributed by atoms with van der Waals surface area (Å²) in [4.78, 5) is 24.7. The van der Waals surface area contributed by atoms with Crippen LogP contribution in [0.3, 0.4) is 0 Å². The Morgan fingerprint density at radius 2 is 1.85 bits per heavy atom. The molecule has 1 aliphatic rings. The van der Waals surface area contributed by atoms with Crippen LogP contribution in [0.15, 0.2) is 18.2 Å². The van der Waals surface area contributed by atoms with Crippen LogP contribution in [-0.2, 0) is 9.59 Å². The second kappa shape index (κ2) is 6.31. The zero-order valence-corrected chi connectivity index (χ0v) is 10.9. The molecule has 5 heteroatoms. The highest BCUT2D eigenvalue weighted by Crippen LogP contribution is 2.25. The molecule has 2 amide bonds. The van der Waals surface area contributed by atoms with E-state index in [2.05, 4.69) is 11.8 Å². The Balaban J connectivity index is 2.36. The number of benzene rings is 1. The number of aliphatic hydroxyl groups is 1. The molecule has 0 unspecified atom stereocenters. The number of nitrogens with zero attached hydrogens (tertiary/aromatic N) is 1. The van der Waals surface area contributed by atoms with Gasteiger partial charge in [0.05, 0.1) is 5.69 Å². The number of anilines is 1. The summed E-state index contributed by atoms with van der Waals surface area (Å²) in [6.45, 7) is -0.313. The first-order chi connectivity index (χ1) is 9.63. The van der Waals surface area contributed by atoms with Crippen LogP contribution >= 0.6 is 0 Å². The lowest BCUT2D eigenvalue weighted by Gasteiger charge is -2.19. The molecule has 0 aromatic heterocycles. The van der Waals surface area contributed by atoms with Crippen LogP contribution in [0.5, 0.6) is 0 Å². The summed E-state index contributed by atoms with van der Waals surface area (Å²) in [6, 6.07) is 4.05. The first kappa shape index (κ1) is 14.2. The van der Waals surface area contributed by atoms with Gasteiger partial charge in [0, 0.05) is 18.4 Å². The van der Waals surface area contributed by atoms with Crippen LogP contribution in [0.2, 0.25) is 0 Å². The predicted molar refractivity (Wildman–Crippen MR) is 71.3 cm³/mol. The van der Waals surface area contributed by atoms with Gasteiger partial charge >= 0.3 is 0 Å². The van der Waals surface area contributed by atoms with Gasteiger partial charge in [-0.25, -0.2) is 9.29 Å². The van der Waals surface area contributed by atoms with Gasteiger partial charge in [0.15, 0.2) is 0 Å². The predicted octanol–water partition coefficient (Wildman–Crippen LogP) is 1.60. The van der Waals surface area contributed by atoms with Crippen molar-refractivity contribution < 1.29 is 19.1 Å². The summed E-state index contributed by atoms with van der Waals surface area (Å²) < 4.78 is 14.1. The number of hydrogen-bond acceptors (Lipinski definition) is 3. The van der Waals surface area contributed by atoms with E-state index in [0.29, 0.717) is 18.4 Å². The molecule has 2 rings (SSSR count). The van der Waals surface area contributed by atoms with Crippen molar-refractivity contribution in [2.45, 2.75) is 25.7 Å². The van der Waals surface area contributed by atoms with Gasteiger partial charge in [-0.05, 0) is 31.0 Å². The zero-order chi connectivity index (χ0) is 14.5. The fourth-order valence-corrected chi connectivity index (χ4v) is 2.09. The van der Waals surface area contributed by atoms with Gasteiger partial charge in [-0.15, -0.1) is 0 Å². The molecule has 1 N–H and O–H groups in total. The highest BCUT2D eigenvalue weighted by molar-refractivity contribution is 6.15. The topological polar surface area (TPSA) is 57.6 Å². The summed E-state index contributed by atoms with van der Waals surface area (Å²) in [5, 5.41) is 8.59. The van der Waals surface area contributed by atoms with E-state index in [9.17, 15) is 14.0 Å². The number of carbonyl (C=O) groups excluding carboxylic acids is 2. The van der Waals surface area contributed by atoms with Crippen molar-refractivity contribution >= 4 is 17.5 Å². The maximum absolute atomic E-state index is 14.1. The average molecular weight is 275 g/mol. The van der Waals surface area contributed by atoms with Crippen molar-refractivity contribution in [1.82, 2.24) is 0 Å². The third-order valence-electron chi connectivity index (χ3n) is 3.03. The Morgan fingerprint density at radius 3 is 2.40 bits per heavy atom. The van der Waals surface area contributed by atoms with Gasteiger partial charge in [0.2, 0.25) is 11.8 Å². The van der Waals surface area contributed by atoms with E-state index in [1.54, 1.807) is 0 Å². The molecule has 1 heterocycles. The maximum Gasteiger partial charge on any atom is 0.233 e. The lowest BCUT2D eigenvalue weighted by atomic mass is 10.1. The number of halogens is 1. The normalized spacial score (nSPS) is 15.6. The van der Waals surface area contributed by atoms with Crippen molar-refractivity contribution in [3.05, 3.63) is 29.6 Å². The van der Waals surface area contributed by atoms with Gasteiger partial charge in [0.25, 0.3) is 0 Å². The Kier molecular flexibility index (Phi) is 4.49. The van der Waals surface area contributed by atoms with Gasteiger partial charge in [-0.2, -0.15) is 0 Å². The first-order valence-corrected chi connectivity index (χ1v) is 6.38. The van der Waals surface area contributed by atoms with Gasteiger partial charge in [0.1, 0.15) is 12.4 Å².